The quantitative estimate of drug-likeness (QED) is 0.312. The van der Waals surface area contributed by atoms with Crippen LogP contribution in [0.5, 0.6) is 0 Å². The third-order valence-electron chi connectivity index (χ3n) is 13.2. The highest BCUT2D eigenvalue weighted by Crippen LogP contribution is 2.52. The predicted molar refractivity (Wildman–Crippen MR) is 200 cm³/mol. The minimum Gasteiger partial charge on any atom is -0.465 e. The zero-order valence-corrected chi connectivity index (χ0v) is 30.8. The van der Waals surface area contributed by atoms with Crippen LogP contribution in [-0.4, -0.2) is 110 Å². The maximum Gasteiger partial charge on any atom is 0.407 e. The van der Waals surface area contributed by atoms with Crippen molar-refractivity contribution in [2.75, 3.05) is 49.5 Å². The summed E-state index contributed by atoms with van der Waals surface area (Å²) in [6, 6.07) is 9.93. The third-order valence-corrected chi connectivity index (χ3v) is 13.2. The molecule has 2 saturated carbocycles. The molecule has 0 unspecified atom stereocenters. The number of nitrogens with zero attached hydrogens (tertiary/aromatic N) is 7. The Morgan fingerprint density at radius 1 is 0.942 bits per heavy atom. The van der Waals surface area contributed by atoms with Gasteiger partial charge in [0, 0.05) is 61.6 Å². The lowest BCUT2D eigenvalue weighted by molar-refractivity contribution is -0.143. The summed E-state index contributed by atoms with van der Waals surface area (Å²) >= 11 is 0. The Bertz CT molecular complexity index is 1920. The molecular weight excluding hydrogens is 656 g/mol. The molecule has 9 rings (SSSR count). The van der Waals surface area contributed by atoms with Crippen molar-refractivity contribution in [1.29, 1.82) is 0 Å². The molecule has 1 aromatic carbocycles. The first-order valence-corrected chi connectivity index (χ1v) is 19.7. The second-order valence-electron chi connectivity index (χ2n) is 17.1. The van der Waals surface area contributed by atoms with E-state index in [4.69, 9.17) is 9.97 Å². The molecule has 5 fully saturated rings. The van der Waals surface area contributed by atoms with Crippen molar-refractivity contribution in [3.8, 4) is 11.3 Å². The van der Waals surface area contributed by atoms with Crippen LogP contribution < -0.4 is 10.2 Å². The Morgan fingerprint density at radius 2 is 1.67 bits per heavy atom. The van der Waals surface area contributed by atoms with E-state index in [0.717, 1.165) is 78.1 Å². The van der Waals surface area contributed by atoms with Crippen LogP contribution in [0, 0.1) is 5.41 Å². The SMILES string of the molecule is CC(C)n1cnc2cc(-c3ccc4c(c3)N(C3CC(N5CCCCC5)C3)C(=O)C43CCN(C(=O)[C@]4(C)CCN(C(=O)O)C4)CC3)nc(NC3CC3)c21. The number of anilines is 2. The number of rotatable bonds is 7. The van der Waals surface area contributed by atoms with Gasteiger partial charge in [-0.1, -0.05) is 18.6 Å². The van der Waals surface area contributed by atoms with Gasteiger partial charge in [0.05, 0.1) is 28.4 Å². The minimum absolute atomic E-state index is 0.00401. The summed E-state index contributed by atoms with van der Waals surface area (Å²) in [4.78, 5) is 58.5. The van der Waals surface area contributed by atoms with Crippen molar-refractivity contribution in [3.05, 3.63) is 36.2 Å². The van der Waals surface area contributed by atoms with E-state index in [1.165, 1.54) is 24.2 Å². The van der Waals surface area contributed by atoms with Gasteiger partial charge < -0.3 is 34.6 Å². The minimum atomic E-state index is -0.976. The number of carboxylic acid groups (broad SMARTS) is 1. The summed E-state index contributed by atoms with van der Waals surface area (Å²) in [6.45, 7) is 10.1. The van der Waals surface area contributed by atoms with Gasteiger partial charge in [-0.2, -0.15) is 0 Å². The van der Waals surface area contributed by atoms with Crippen molar-refractivity contribution in [3.63, 3.8) is 0 Å². The number of imidazole rings is 1. The Morgan fingerprint density at radius 3 is 2.35 bits per heavy atom. The van der Waals surface area contributed by atoms with E-state index in [0.29, 0.717) is 51.0 Å². The topological polar surface area (TPSA) is 127 Å². The first-order chi connectivity index (χ1) is 25.0. The number of hydrogen-bond donors (Lipinski definition) is 2. The molecule has 276 valence electrons. The van der Waals surface area contributed by atoms with Crippen LogP contribution in [0.15, 0.2) is 30.6 Å². The molecule has 1 atom stereocenters. The van der Waals surface area contributed by atoms with Crippen molar-refractivity contribution in [1.82, 2.24) is 29.2 Å². The largest absolute Gasteiger partial charge is 0.465 e. The number of amides is 3. The lowest BCUT2D eigenvalue weighted by Crippen LogP contribution is -2.59. The van der Waals surface area contributed by atoms with Crippen LogP contribution >= 0.6 is 0 Å². The van der Waals surface area contributed by atoms with E-state index in [1.54, 1.807) is 0 Å². The molecule has 0 bridgehead atoms. The Kier molecular flexibility index (Phi) is 8.06. The number of likely N-dealkylation sites (tertiary alicyclic amines) is 3. The number of carbonyl (C=O) groups excluding carboxylic acids is 2. The van der Waals surface area contributed by atoms with Crippen LogP contribution in [0.3, 0.4) is 0 Å². The number of nitrogens with one attached hydrogen (secondary N) is 1. The van der Waals surface area contributed by atoms with Crippen molar-refractivity contribution in [2.24, 2.45) is 5.41 Å². The van der Waals surface area contributed by atoms with Gasteiger partial charge in [0.25, 0.3) is 0 Å². The summed E-state index contributed by atoms with van der Waals surface area (Å²) in [5.41, 5.74) is 4.42. The molecule has 3 saturated heterocycles. The molecule has 2 N–H and O–H groups in total. The lowest BCUT2D eigenvalue weighted by Gasteiger charge is -2.48. The third kappa shape index (κ3) is 5.46. The number of fused-ring (bicyclic) bond motifs is 3. The summed E-state index contributed by atoms with van der Waals surface area (Å²) in [5, 5.41) is 13.2. The van der Waals surface area contributed by atoms with Gasteiger partial charge in [-0.15, -0.1) is 0 Å². The molecule has 12 heteroatoms. The standard InChI is InChI=1S/C40H52N8O4/c1-25(2)47-24-41-32-22-31(43-35(34(32)47)42-27-8-9-27)26-7-10-30-33(19-26)48(29-20-28(21-29)44-14-5-4-6-15-44)37(50)40(30)12-17-45(18-13-40)36(49)39(3)11-16-46(23-39)38(51)52/h7,10,19,22,24-25,27-29H,4-6,8-9,11-18,20-21,23H2,1-3H3,(H,42,43)(H,51,52)/t28?,29?,39-/m1/s1. The van der Waals surface area contributed by atoms with Crippen molar-refractivity contribution >= 4 is 40.4 Å². The molecule has 6 aliphatic rings. The monoisotopic (exact) mass is 708 g/mol. The molecule has 4 aliphatic heterocycles. The lowest BCUT2D eigenvalue weighted by atomic mass is 9.72. The van der Waals surface area contributed by atoms with E-state index in [-0.39, 0.29) is 30.4 Å². The number of benzene rings is 1. The van der Waals surface area contributed by atoms with Crippen molar-refractivity contribution < 1.29 is 19.5 Å². The van der Waals surface area contributed by atoms with Crippen LogP contribution in [0.4, 0.5) is 16.3 Å². The van der Waals surface area contributed by atoms with Gasteiger partial charge in [-0.25, -0.2) is 14.8 Å². The molecule has 2 aromatic heterocycles. The van der Waals surface area contributed by atoms with Gasteiger partial charge in [0.2, 0.25) is 11.8 Å². The molecule has 52 heavy (non-hydrogen) atoms. The maximum absolute atomic E-state index is 14.9. The first kappa shape index (κ1) is 33.6. The van der Waals surface area contributed by atoms with Crippen LogP contribution in [0.1, 0.15) is 96.6 Å². The van der Waals surface area contributed by atoms with E-state index in [9.17, 15) is 19.5 Å². The summed E-state index contributed by atoms with van der Waals surface area (Å²) in [7, 11) is 0. The van der Waals surface area contributed by atoms with E-state index >= 15 is 0 Å². The first-order valence-electron chi connectivity index (χ1n) is 19.7. The zero-order chi connectivity index (χ0) is 35.9. The van der Waals surface area contributed by atoms with Gasteiger partial charge >= 0.3 is 6.09 Å². The summed E-state index contributed by atoms with van der Waals surface area (Å²) < 4.78 is 2.19. The zero-order valence-electron chi connectivity index (χ0n) is 30.8. The fourth-order valence-corrected chi connectivity index (χ4v) is 9.84. The maximum atomic E-state index is 14.9. The Labute approximate surface area is 305 Å². The molecule has 3 aromatic rings. The normalized spacial score (nSPS) is 27.5. The average molecular weight is 709 g/mol. The predicted octanol–water partition coefficient (Wildman–Crippen LogP) is 5.87. The molecule has 3 amide bonds. The highest BCUT2D eigenvalue weighted by molar-refractivity contribution is 6.09. The fraction of sp³-hybridized carbons (Fsp3) is 0.625. The number of carbonyl (C=O) groups is 3. The fourth-order valence-electron chi connectivity index (χ4n) is 9.84. The smallest absolute Gasteiger partial charge is 0.407 e. The van der Waals surface area contributed by atoms with Crippen molar-refractivity contribution in [2.45, 2.75) is 115 Å². The van der Waals surface area contributed by atoms with E-state index < -0.39 is 16.9 Å². The molecule has 12 nitrogen and oxygen atoms in total. The molecule has 6 heterocycles. The number of piperidine rings is 2. The average Bonchev–Trinajstić information content (AvgIpc) is 3.59. The highest BCUT2D eigenvalue weighted by Gasteiger charge is 2.56. The van der Waals surface area contributed by atoms with E-state index in [1.807, 2.05) is 18.2 Å². The second kappa shape index (κ2) is 12.5. The van der Waals surface area contributed by atoms with Gasteiger partial charge in [0.1, 0.15) is 5.52 Å². The summed E-state index contributed by atoms with van der Waals surface area (Å²) in [5.74, 6) is 1.05. The molecule has 0 radical (unpaired) electrons. The van der Waals surface area contributed by atoms with Gasteiger partial charge in [-0.3, -0.25) is 9.59 Å². The molecular formula is C40H52N8O4. The van der Waals surface area contributed by atoms with Gasteiger partial charge in [-0.05, 0) is 109 Å². The highest BCUT2D eigenvalue weighted by atomic mass is 16.4. The molecule has 1 spiro atoms. The molecule has 2 aliphatic carbocycles. The Balaban J connectivity index is 1.04. The summed E-state index contributed by atoms with van der Waals surface area (Å²) in [6.07, 6.45) is 10.7. The van der Waals surface area contributed by atoms with Gasteiger partial charge in [0.15, 0.2) is 5.82 Å². The number of hydrogen-bond acceptors (Lipinski definition) is 7. The number of aromatic nitrogens is 3. The van der Waals surface area contributed by atoms with E-state index in [2.05, 4.69) is 57.8 Å². The number of pyridine rings is 1. The second-order valence-corrected chi connectivity index (χ2v) is 17.1. The van der Waals surface area contributed by atoms with Crippen LogP contribution in [0.2, 0.25) is 0 Å². The van der Waals surface area contributed by atoms with Crippen LogP contribution in [0.25, 0.3) is 22.3 Å². The Hall–Kier alpha value is -4.19. The van der Waals surface area contributed by atoms with Crippen LogP contribution in [-0.2, 0) is 15.0 Å².